The first-order valence-electron chi connectivity index (χ1n) is 6.95. The van der Waals surface area contributed by atoms with Crippen molar-refractivity contribution in [1.82, 2.24) is 10.2 Å². The maximum absolute atomic E-state index is 13.7. The molecule has 0 bridgehead atoms. The molecule has 2 rings (SSSR count). The average molecular weight is 321 g/mol. The third kappa shape index (κ3) is 4.21. The number of nitrogens with one attached hydrogen (secondary N) is 1. The van der Waals surface area contributed by atoms with E-state index in [1.807, 2.05) is 31.2 Å². The molecule has 2 aromatic carbocycles. The van der Waals surface area contributed by atoms with Crippen LogP contribution >= 0.6 is 11.6 Å². The second kappa shape index (κ2) is 7.27. The number of carbonyl (C=O) groups excluding carboxylic acids is 1. The fourth-order valence-corrected chi connectivity index (χ4v) is 2.23. The standard InChI is InChI=1S/C17H18ClFN2O/c1-12-6-8-13(9-7-12)10-20-17(22)21(2)11-14-15(18)4-3-5-16(14)19/h3-9H,10-11H2,1-2H3,(H,20,22). The summed E-state index contributed by atoms with van der Waals surface area (Å²) in [4.78, 5) is 13.5. The van der Waals surface area contributed by atoms with Crippen LogP contribution in [0.2, 0.25) is 5.02 Å². The number of carbonyl (C=O) groups is 1. The molecule has 0 aliphatic rings. The average Bonchev–Trinajstić information content (AvgIpc) is 2.50. The van der Waals surface area contributed by atoms with Crippen molar-refractivity contribution in [2.24, 2.45) is 0 Å². The molecule has 1 N–H and O–H groups in total. The zero-order valence-corrected chi connectivity index (χ0v) is 13.3. The van der Waals surface area contributed by atoms with Crippen LogP contribution in [0.1, 0.15) is 16.7 Å². The van der Waals surface area contributed by atoms with Gasteiger partial charge >= 0.3 is 6.03 Å². The minimum absolute atomic E-state index is 0.116. The summed E-state index contributed by atoms with van der Waals surface area (Å²) in [5.41, 5.74) is 2.50. The lowest BCUT2D eigenvalue weighted by Gasteiger charge is -2.19. The molecule has 0 fully saturated rings. The van der Waals surface area contributed by atoms with Crippen molar-refractivity contribution < 1.29 is 9.18 Å². The van der Waals surface area contributed by atoms with E-state index >= 15 is 0 Å². The van der Waals surface area contributed by atoms with Gasteiger partial charge in [0.25, 0.3) is 0 Å². The Morgan fingerprint density at radius 1 is 1.23 bits per heavy atom. The summed E-state index contributed by atoms with van der Waals surface area (Å²) in [5.74, 6) is -0.411. The van der Waals surface area contributed by atoms with Gasteiger partial charge in [0, 0.05) is 24.2 Å². The molecule has 0 spiro atoms. The second-order valence-electron chi connectivity index (χ2n) is 5.20. The Morgan fingerprint density at radius 2 is 1.91 bits per heavy atom. The van der Waals surface area contributed by atoms with Gasteiger partial charge in [0.05, 0.1) is 6.54 Å². The number of halogens is 2. The molecule has 0 unspecified atom stereocenters. The smallest absolute Gasteiger partial charge is 0.317 e. The predicted molar refractivity (Wildman–Crippen MR) is 86.3 cm³/mol. The first-order chi connectivity index (χ1) is 10.5. The molecule has 0 saturated carbocycles. The van der Waals surface area contributed by atoms with Gasteiger partial charge in [-0.25, -0.2) is 9.18 Å². The predicted octanol–water partition coefficient (Wildman–Crippen LogP) is 4.13. The number of urea groups is 1. The highest BCUT2D eigenvalue weighted by Crippen LogP contribution is 2.20. The van der Waals surface area contributed by atoms with Gasteiger partial charge in [-0.1, -0.05) is 47.5 Å². The van der Waals surface area contributed by atoms with Crippen LogP contribution in [0.4, 0.5) is 9.18 Å². The lowest BCUT2D eigenvalue weighted by atomic mass is 10.1. The van der Waals surface area contributed by atoms with Crippen LogP contribution in [0.5, 0.6) is 0 Å². The summed E-state index contributed by atoms with van der Waals surface area (Å²) >= 11 is 5.97. The SMILES string of the molecule is Cc1ccc(CNC(=O)N(C)Cc2c(F)cccc2Cl)cc1. The summed E-state index contributed by atoms with van der Waals surface area (Å²) in [6, 6.07) is 12.1. The fraction of sp³-hybridized carbons (Fsp3) is 0.235. The molecule has 0 radical (unpaired) electrons. The van der Waals surface area contributed by atoms with Crippen LogP contribution in [0.15, 0.2) is 42.5 Å². The van der Waals surface area contributed by atoms with E-state index in [1.165, 1.54) is 16.5 Å². The molecule has 0 aromatic heterocycles. The molecular formula is C17H18ClFN2O. The molecular weight excluding hydrogens is 303 g/mol. The molecule has 0 saturated heterocycles. The lowest BCUT2D eigenvalue weighted by molar-refractivity contribution is 0.206. The molecule has 22 heavy (non-hydrogen) atoms. The van der Waals surface area contributed by atoms with E-state index in [9.17, 15) is 9.18 Å². The molecule has 0 atom stereocenters. The number of hydrogen-bond donors (Lipinski definition) is 1. The molecule has 3 nitrogen and oxygen atoms in total. The van der Waals surface area contributed by atoms with Gasteiger partial charge in [-0.05, 0) is 24.6 Å². The highest BCUT2D eigenvalue weighted by Gasteiger charge is 2.13. The maximum atomic E-state index is 13.7. The van der Waals surface area contributed by atoms with Crippen molar-refractivity contribution in [2.75, 3.05) is 7.05 Å². The van der Waals surface area contributed by atoms with Gasteiger partial charge in [-0.3, -0.25) is 0 Å². The van der Waals surface area contributed by atoms with Crippen LogP contribution in [0.25, 0.3) is 0 Å². The Labute approximate surface area is 134 Å². The fourth-order valence-electron chi connectivity index (χ4n) is 2.01. The van der Waals surface area contributed by atoms with Gasteiger partial charge in [0.1, 0.15) is 5.82 Å². The summed E-state index contributed by atoms with van der Waals surface area (Å²) in [5, 5.41) is 3.12. The minimum atomic E-state index is -0.411. The van der Waals surface area contributed by atoms with Crippen LogP contribution < -0.4 is 5.32 Å². The van der Waals surface area contributed by atoms with Crippen molar-refractivity contribution in [3.8, 4) is 0 Å². The number of rotatable bonds is 4. The summed E-state index contributed by atoms with van der Waals surface area (Å²) in [7, 11) is 1.60. The Bertz CT molecular complexity index is 638. The minimum Gasteiger partial charge on any atom is -0.334 e. The van der Waals surface area contributed by atoms with Crippen molar-refractivity contribution in [1.29, 1.82) is 0 Å². The lowest BCUT2D eigenvalue weighted by Crippen LogP contribution is -2.36. The zero-order valence-electron chi connectivity index (χ0n) is 12.6. The topological polar surface area (TPSA) is 32.3 Å². The normalized spacial score (nSPS) is 10.4. The number of hydrogen-bond acceptors (Lipinski definition) is 1. The van der Waals surface area contributed by atoms with Gasteiger partial charge in [-0.15, -0.1) is 0 Å². The summed E-state index contributed by atoms with van der Waals surface area (Å²) < 4.78 is 13.7. The first kappa shape index (κ1) is 16.3. The molecule has 116 valence electrons. The van der Waals surface area contributed by atoms with Gasteiger partial charge in [0.2, 0.25) is 0 Å². The van der Waals surface area contributed by atoms with E-state index in [2.05, 4.69) is 5.32 Å². The highest BCUT2D eigenvalue weighted by molar-refractivity contribution is 6.31. The van der Waals surface area contributed by atoms with E-state index in [-0.39, 0.29) is 12.6 Å². The number of nitrogens with zero attached hydrogens (tertiary/aromatic N) is 1. The number of aryl methyl sites for hydroxylation is 1. The van der Waals surface area contributed by atoms with E-state index in [1.54, 1.807) is 19.2 Å². The molecule has 5 heteroatoms. The molecule has 0 heterocycles. The van der Waals surface area contributed by atoms with Crippen molar-refractivity contribution >= 4 is 17.6 Å². The number of benzene rings is 2. The van der Waals surface area contributed by atoms with Crippen LogP contribution in [0.3, 0.4) is 0 Å². The van der Waals surface area contributed by atoms with Crippen LogP contribution in [-0.2, 0) is 13.1 Å². The number of amides is 2. The summed E-state index contributed by atoms with van der Waals surface area (Å²) in [6.07, 6.45) is 0. The zero-order chi connectivity index (χ0) is 16.1. The highest BCUT2D eigenvalue weighted by atomic mass is 35.5. The third-order valence-corrected chi connectivity index (χ3v) is 3.72. The van der Waals surface area contributed by atoms with Gasteiger partial charge in [-0.2, -0.15) is 0 Å². The quantitative estimate of drug-likeness (QED) is 0.902. The Morgan fingerprint density at radius 3 is 2.55 bits per heavy atom. The Balaban J connectivity index is 1.93. The van der Waals surface area contributed by atoms with Crippen LogP contribution in [-0.4, -0.2) is 18.0 Å². The molecule has 0 aliphatic heterocycles. The van der Waals surface area contributed by atoms with Gasteiger partial charge in [0.15, 0.2) is 0 Å². The Kier molecular flexibility index (Phi) is 5.39. The van der Waals surface area contributed by atoms with Crippen molar-refractivity contribution in [3.05, 3.63) is 70.0 Å². The van der Waals surface area contributed by atoms with Crippen molar-refractivity contribution in [2.45, 2.75) is 20.0 Å². The van der Waals surface area contributed by atoms with E-state index in [0.29, 0.717) is 17.1 Å². The molecule has 2 aromatic rings. The first-order valence-corrected chi connectivity index (χ1v) is 7.32. The van der Waals surface area contributed by atoms with Crippen LogP contribution in [0, 0.1) is 12.7 Å². The maximum Gasteiger partial charge on any atom is 0.317 e. The van der Waals surface area contributed by atoms with E-state index in [4.69, 9.17) is 11.6 Å². The van der Waals surface area contributed by atoms with Gasteiger partial charge < -0.3 is 10.2 Å². The third-order valence-electron chi connectivity index (χ3n) is 3.37. The molecule has 2 amide bonds. The summed E-state index contributed by atoms with van der Waals surface area (Å²) in [6.45, 7) is 2.55. The molecule has 0 aliphatic carbocycles. The monoisotopic (exact) mass is 320 g/mol. The van der Waals surface area contributed by atoms with E-state index < -0.39 is 5.82 Å². The second-order valence-corrected chi connectivity index (χ2v) is 5.61. The van der Waals surface area contributed by atoms with E-state index in [0.717, 1.165) is 5.56 Å². The Hall–Kier alpha value is -2.07. The van der Waals surface area contributed by atoms with Crippen molar-refractivity contribution in [3.63, 3.8) is 0 Å². The largest absolute Gasteiger partial charge is 0.334 e.